The van der Waals surface area contributed by atoms with Gasteiger partial charge in [0.05, 0.1) is 13.2 Å². The van der Waals surface area contributed by atoms with Gasteiger partial charge < -0.3 is 9.47 Å². The molecule has 0 aromatic rings. The fourth-order valence-corrected chi connectivity index (χ4v) is 4.08. The third-order valence-corrected chi connectivity index (χ3v) is 6.40. The van der Waals surface area contributed by atoms with Gasteiger partial charge in [-0.15, -0.1) is 0 Å². The Balaban J connectivity index is 3.52. The molecule has 196 valence electrons. The van der Waals surface area contributed by atoms with Crippen LogP contribution >= 0.6 is 0 Å². The van der Waals surface area contributed by atoms with Crippen LogP contribution in [0.15, 0.2) is 0 Å². The summed E-state index contributed by atoms with van der Waals surface area (Å²) >= 11 is 0. The maximum atomic E-state index is 12.0. The van der Waals surface area contributed by atoms with Crippen LogP contribution in [0.1, 0.15) is 144 Å². The Kier molecular flexibility index (Phi) is 22.0. The molecule has 0 heterocycles. The first kappa shape index (κ1) is 31.9. The van der Waals surface area contributed by atoms with Gasteiger partial charge >= 0.3 is 11.9 Å². The maximum Gasteiger partial charge on any atom is 0.306 e. The number of carbonyl (C=O) groups excluding carboxylic acids is 2. The minimum absolute atomic E-state index is 0.0134. The van der Waals surface area contributed by atoms with Gasteiger partial charge in [0.2, 0.25) is 0 Å². The first-order valence-corrected chi connectivity index (χ1v) is 14.2. The van der Waals surface area contributed by atoms with Crippen molar-refractivity contribution in [1.82, 2.24) is 0 Å². The Morgan fingerprint density at radius 1 is 0.576 bits per heavy atom. The summed E-state index contributed by atoms with van der Waals surface area (Å²) in [6.07, 6.45) is 18.2. The van der Waals surface area contributed by atoms with E-state index in [1.54, 1.807) is 0 Å². The van der Waals surface area contributed by atoms with E-state index in [1.807, 2.05) is 0 Å². The number of esters is 2. The normalized spacial score (nSPS) is 12.3. The van der Waals surface area contributed by atoms with Gasteiger partial charge in [0.1, 0.15) is 0 Å². The van der Waals surface area contributed by atoms with Gasteiger partial charge in [-0.25, -0.2) is 0 Å². The Labute approximate surface area is 206 Å². The van der Waals surface area contributed by atoms with Crippen molar-refractivity contribution in [2.24, 2.45) is 17.8 Å². The first-order chi connectivity index (χ1) is 15.8. The highest BCUT2D eigenvalue weighted by atomic mass is 16.5. The van der Waals surface area contributed by atoms with Gasteiger partial charge in [-0.3, -0.25) is 9.59 Å². The molecule has 33 heavy (non-hydrogen) atoms. The van der Waals surface area contributed by atoms with Crippen molar-refractivity contribution in [2.75, 3.05) is 13.2 Å². The van der Waals surface area contributed by atoms with E-state index in [1.165, 1.54) is 44.9 Å². The van der Waals surface area contributed by atoms with Crippen LogP contribution in [-0.2, 0) is 19.1 Å². The number of hydrogen-bond acceptors (Lipinski definition) is 4. The molecule has 0 aliphatic carbocycles. The summed E-state index contributed by atoms with van der Waals surface area (Å²) < 4.78 is 10.7. The smallest absolute Gasteiger partial charge is 0.306 e. The molecule has 0 aromatic heterocycles. The van der Waals surface area contributed by atoms with Crippen molar-refractivity contribution in [3.05, 3.63) is 0 Å². The van der Waals surface area contributed by atoms with Crippen LogP contribution in [0.4, 0.5) is 0 Å². The highest BCUT2D eigenvalue weighted by molar-refractivity contribution is 5.69. The fraction of sp³-hybridized carbons (Fsp3) is 0.931. The molecule has 0 saturated heterocycles. The van der Waals surface area contributed by atoms with Crippen molar-refractivity contribution in [3.63, 3.8) is 0 Å². The third kappa shape index (κ3) is 23.9. The Morgan fingerprint density at radius 3 is 1.55 bits per heavy atom. The molecule has 0 aliphatic rings. The van der Waals surface area contributed by atoms with Gasteiger partial charge in [-0.2, -0.15) is 0 Å². The van der Waals surface area contributed by atoms with E-state index < -0.39 is 0 Å². The Hall–Kier alpha value is -1.06. The van der Waals surface area contributed by atoms with Crippen LogP contribution in [0.3, 0.4) is 0 Å². The lowest BCUT2D eigenvalue weighted by molar-refractivity contribution is -0.145. The summed E-state index contributed by atoms with van der Waals surface area (Å²) in [4.78, 5) is 23.8. The topological polar surface area (TPSA) is 52.6 Å². The number of unbranched alkanes of at least 4 members (excludes halogenated alkanes) is 8. The molecule has 0 radical (unpaired) electrons. The molecule has 0 saturated carbocycles. The Morgan fingerprint density at radius 2 is 1.03 bits per heavy atom. The molecule has 0 aliphatic heterocycles. The maximum absolute atomic E-state index is 12.0. The minimum Gasteiger partial charge on any atom is -0.466 e. The predicted molar refractivity (Wildman–Crippen MR) is 139 cm³/mol. The van der Waals surface area contributed by atoms with E-state index in [4.69, 9.17) is 9.47 Å². The minimum atomic E-state index is -0.0285. The van der Waals surface area contributed by atoms with E-state index in [9.17, 15) is 9.59 Å². The highest BCUT2D eigenvalue weighted by Gasteiger charge is 2.13. The molecule has 0 spiro atoms. The molecule has 4 nitrogen and oxygen atoms in total. The largest absolute Gasteiger partial charge is 0.466 e. The second-order valence-electron chi connectivity index (χ2n) is 10.7. The molecule has 4 heteroatoms. The zero-order chi connectivity index (χ0) is 24.7. The van der Waals surface area contributed by atoms with Crippen LogP contribution in [0.25, 0.3) is 0 Å². The van der Waals surface area contributed by atoms with Gasteiger partial charge in [-0.05, 0) is 56.3 Å². The summed E-state index contributed by atoms with van der Waals surface area (Å²) in [5, 5.41) is 0. The van der Waals surface area contributed by atoms with Gasteiger partial charge in [-0.1, -0.05) is 92.4 Å². The zero-order valence-electron chi connectivity index (χ0n) is 22.8. The lowest BCUT2D eigenvalue weighted by Crippen LogP contribution is -2.12. The highest BCUT2D eigenvalue weighted by Crippen LogP contribution is 2.19. The molecule has 0 N–H and O–H groups in total. The van der Waals surface area contributed by atoms with Crippen LogP contribution in [0.5, 0.6) is 0 Å². The average Bonchev–Trinajstić information content (AvgIpc) is 2.76. The summed E-state index contributed by atoms with van der Waals surface area (Å²) in [7, 11) is 0. The molecule has 0 rings (SSSR count). The lowest BCUT2D eigenvalue weighted by Gasteiger charge is -2.14. The van der Waals surface area contributed by atoms with E-state index in [-0.39, 0.29) is 11.9 Å². The molecule has 0 aromatic carbocycles. The monoisotopic (exact) mass is 468 g/mol. The van der Waals surface area contributed by atoms with E-state index in [0.717, 1.165) is 63.2 Å². The molecule has 1 atom stereocenters. The van der Waals surface area contributed by atoms with Gasteiger partial charge in [0.25, 0.3) is 0 Å². The van der Waals surface area contributed by atoms with E-state index in [2.05, 4.69) is 34.6 Å². The van der Waals surface area contributed by atoms with Gasteiger partial charge in [0, 0.05) is 12.8 Å². The van der Waals surface area contributed by atoms with Gasteiger partial charge in [0.15, 0.2) is 0 Å². The number of hydrogen-bond donors (Lipinski definition) is 0. The lowest BCUT2D eigenvalue weighted by atomic mass is 9.95. The summed E-state index contributed by atoms with van der Waals surface area (Å²) in [6, 6.07) is 0. The van der Waals surface area contributed by atoms with Crippen molar-refractivity contribution in [2.45, 2.75) is 144 Å². The second kappa shape index (κ2) is 22.7. The Bertz CT molecular complexity index is 459. The van der Waals surface area contributed by atoms with E-state index in [0.29, 0.717) is 32.0 Å². The molecule has 1 unspecified atom stereocenters. The van der Waals surface area contributed by atoms with Crippen LogP contribution in [0, 0.1) is 17.8 Å². The van der Waals surface area contributed by atoms with Crippen molar-refractivity contribution in [3.8, 4) is 0 Å². The third-order valence-electron chi connectivity index (χ3n) is 6.40. The average molecular weight is 469 g/mol. The summed E-state index contributed by atoms with van der Waals surface area (Å²) in [5.74, 6) is 1.87. The van der Waals surface area contributed by atoms with Crippen molar-refractivity contribution >= 4 is 11.9 Å². The standard InChI is InChI=1S/C29H56O4/c1-6-27(24-29(31)33-23-17-15-19-26(4)5)20-12-10-8-7-9-11-13-21-28(30)32-22-16-14-18-25(2)3/h25-27H,6-24H2,1-5H3. The van der Waals surface area contributed by atoms with E-state index >= 15 is 0 Å². The predicted octanol–water partition coefficient (Wildman–Crippen LogP) is 8.65. The SMILES string of the molecule is CCC(CCCCCCCCCC(=O)OCCCCC(C)C)CC(=O)OCCCCC(C)C. The van der Waals surface area contributed by atoms with Crippen LogP contribution in [-0.4, -0.2) is 25.2 Å². The van der Waals surface area contributed by atoms with Crippen LogP contribution in [0.2, 0.25) is 0 Å². The molecule has 0 fully saturated rings. The van der Waals surface area contributed by atoms with Crippen molar-refractivity contribution in [1.29, 1.82) is 0 Å². The quantitative estimate of drug-likeness (QED) is 0.111. The molecule has 0 bridgehead atoms. The van der Waals surface area contributed by atoms with Crippen molar-refractivity contribution < 1.29 is 19.1 Å². The second-order valence-corrected chi connectivity index (χ2v) is 10.7. The molecular formula is C29H56O4. The number of rotatable bonds is 23. The first-order valence-electron chi connectivity index (χ1n) is 14.2. The number of ether oxygens (including phenoxy) is 2. The zero-order valence-corrected chi connectivity index (χ0v) is 22.8. The summed E-state index contributed by atoms with van der Waals surface area (Å²) in [6.45, 7) is 12.3. The molecular weight excluding hydrogens is 412 g/mol. The fourth-order valence-electron chi connectivity index (χ4n) is 4.08. The van der Waals surface area contributed by atoms with Crippen LogP contribution < -0.4 is 0 Å². The molecule has 0 amide bonds. The number of carbonyl (C=O) groups is 2. The summed E-state index contributed by atoms with van der Waals surface area (Å²) in [5.41, 5.74) is 0.